The van der Waals surface area contributed by atoms with Crippen LogP contribution in [0.5, 0.6) is 0 Å². The number of nitrogens with one attached hydrogen (secondary N) is 1. The molecule has 4 aliphatic carbocycles. The van der Waals surface area contributed by atoms with Crippen LogP contribution in [0.3, 0.4) is 0 Å². The van der Waals surface area contributed by atoms with Gasteiger partial charge in [0.2, 0.25) is 5.91 Å². The lowest BCUT2D eigenvalue weighted by Gasteiger charge is -2.59. The van der Waals surface area contributed by atoms with Crippen molar-refractivity contribution in [3.63, 3.8) is 0 Å². The maximum absolute atomic E-state index is 13.4. The number of nitrogens with zero attached hydrogens (tertiary/aromatic N) is 3. The lowest BCUT2D eigenvalue weighted by Crippen LogP contribution is -2.57. The van der Waals surface area contributed by atoms with Gasteiger partial charge in [-0.2, -0.15) is 18.3 Å². The smallest absolute Gasteiger partial charge is 0.324 e. The Morgan fingerprint density at radius 3 is 2.52 bits per heavy atom. The first kappa shape index (κ1) is 18.9. The molecule has 29 heavy (non-hydrogen) atoms. The molecular weight excluding hydrogens is 405 g/mol. The van der Waals surface area contributed by atoms with Crippen LogP contribution in [0.4, 0.5) is 18.9 Å². The monoisotopic (exact) mass is 424 g/mol. The first-order chi connectivity index (χ1) is 13.7. The molecule has 154 valence electrons. The summed E-state index contributed by atoms with van der Waals surface area (Å²) in [6, 6.07) is 3.24. The third-order valence-electron chi connectivity index (χ3n) is 6.71. The van der Waals surface area contributed by atoms with Crippen LogP contribution in [0.2, 0.25) is 0 Å². The summed E-state index contributed by atoms with van der Waals surface area (Å²) in [6.45, 7) is 0. The molecule has 0 radical (unpaired) electrons. The predicted molar refractivity (Wildman–Crippen MR) is 101 cm³/mol. The van der Waals surface area contributed by atoms with Gasteiger partial charge in [0.25, 0.3) is 0 Å². The second-order valence-electron chi connectivity index (χ2n) is 8.92. The summed E-state index contributed by atoms with van der Waals surface area (Å²) in [5.74, 6) is 0.587. The van der Waals surface area contributed by atoms with Gasteiger partial charge in [0.1, 0.15) is 12.7 Å². The molecule has 2 atom stereocenters. The van der Waals surface area contributed by atoms with Gasteiger partial charge >= 0.3 is 6.18 Å². The molecule has 5 nitrogen and oxygen atoms in total. The number of aromatic nitrogens is 3. The highest BCUT2D eigenvalue weighted by atomic mass is 35.5. The zero-order chi connectivity index (χ0) is 20.4. The van der Waals surface area contributed by atoms with Crippen LogP contribution >= 0.6 is 11.6 Å². The van der Waals surface area contributed by atoms with E-state index in [1.165, 1.54) is 23.4 Å². The van der Waals surface area contributed by atoms with Crippen LogP contribution in [0.25, 0.3) is 5.69 Å². The van der Waals surface area contributed by atoms with Crippen molar-refractivity contribution in [2.75, 3.05) is 5.32 Å². The molecule has 4 fully saturated rings. The summed E-state index contributed by atoms with van der Waals surface area (Å²) < 4.78 is 41.2. The number of carbonyl (C=O) groups is 1. The number of hydrogen-bond donors (Lipinski definition) is 1. The lowest BCUT2D eigenvalue weighted by molar-refractivity contribution is -0.139. The highest BCUT2D eigenvalue weighted by Crippen LogP contribution is 2.64. The third-order valence-corrected chi connectivity index (χ3v) is 7.15. The Bertz CT molecular complexity index is 945. The van der Waals surface area contributed by atoms with Gasteiger partial charge in [-0.3, -0.25) is 4.79 Å². The van der Waals surface area contributed by atoms with Crippen molar-refractivity contribution in [2.24, 2.45) is 17.3 Å². The van der Waals surface area contributed by atoms with E-state index in [2.05, 4.69) is 15.4 Å². The maximum Gasteiger partial charge on any atom is 0.416 e. The number of hydrogen-bond acceptors (Lipinski definition) is 3. The minimum absolute atomic E-state index is 0.0784. The summed E-state index contributed by atoms with van der Waals surface area (Å²) in [4.78, 5) is 16.9. The number of alkyl halides is 4. The highest BCUT2D eigenvalue weighted by molar-refractivity contribution is 6.24. The van der Waals surface area contributed by atoms with E-state index in [0.29, 0.717) is 23.9 Å². The average Bonchev–Trinajstić information content (AvgIpc) is 3.13. The SMILES string of the molecule is O=C(Nc1cc(C(F)(F)F)ccc1-n1cncn1)C12CC3CC(CC(Cl)(C3)C1)C2. The van der Waals surface area contributed by atoms with Crippen LogP contribution in [-0.4, -0.2) is 25.5 Å². The Balaban J connectivity index is 1.50. The van der Waals surface area contributed by atoms with Crippen molar-refractivity contribution in [1.82, 2.24) is 14.8 Å². The number of rotatable bonds is 3. The van der Waals surface area contributed by atoms with E-state index in [1.807, 2.05) is 0 Å². The fourth-order valence-corrected chi connectivity index (χ4v) is 6.71. The average molecular weight is 425 g/mol. The molecule has 1 amide bonds. The molecule has 6 rings (SSSR count). The zero-order valence-electron chi connectivity index (χ0n) is 15.5. The Kier molecular flexibility index (Phi) is 4.04. The lowest BCUT2D eigenvalue weighted by atomic mass is 9.49. The minimum atomic E-state index is -4.51. The van der Waals surface area contributed by atoms with Gasteiger partial charge in [0.15, 0.2) is 0 Å². The fourth-order valence-electron chi connectivity index (χ4n) is 6.02. The molecule has 0 aliphatic heterocycles. The molecule has 4 bridgehead atoms. The summed E-state index contributed by atoms with van der Waals surface area (Å²) in [5.41, 5.74) is -1.01. The molecule has 4 saturated carbocycles. The zero-order valence-corrected chi connectivity index (χ0v) is 16.3. The van der Waals surface area contributed by atoms with Crippen LogP contribution in [0.1, 0.15) is 44.1 Å². The van der Waals surface area contributed by atoms with Crippen LogP contribution in [0.15, 0.2) is 30.9 Å². The van der Waals surface area contributed by atoms with E-state index in [9.17, 15) is 18.0 Å². The molecular formula is C20H20ClF3N4O. The fraction of sp³-hybridized carbons (Fsp3) is 0.550. The van der Waals surface area contributed by atoms with Gasteiger partial charge in [-0.1, -0.05) is 0 Å². The van der Waals surface area contributed by atoms with Crippen molar-refractivity contribution >= 4 is 23.2 Å². The van der Waals surface area contributed by atoms with E-state index < -0.39 is 17.2 Å². The first-order valence-corrected chi connectivity index (χ1v) is 10.1. The van der Waals surface area contributed by atoms with E-state index in [-0.39, 0.29) is 16.5 Å². The predicted octanol–water partition coefficient (Wildman–Crippen LogP) is 4.80. The normalized spacial score (nSPS) is 33.1. The number of benzene rings is 1. The maximum atomic E-state index is 13.4. The Morgan fingerprint density at radius 2 is 1.93 bits per heavy atom. The molecule has 4 aliphatic rings. The first-order valence-electron chi connectivity index (χ1n) is 9.73. The van der Waals surface area contributed by atoms with Crippen molar-refractivity contribution < 1.29 is 18.0 Å². The minimum Gasteiger partial charge on any atom is -0.324 e. The van der Waals surface area contributed by atoms with Crippen molar-refractivity contribution in [1.29, 1.82) is 0 Å². The van der Waals surface area contributed by atoms with Gasteiger partial charge in [-0.05, 0) is 68.6 Å². The molecule has 0 saturated heterocycles. The van der Waals surface area contributed by atoms with Crippen molar-refractivity contribution in [3.8, 4) is 5.69 Å². The van der Waals surface area contributed by atoms with E-state index in [1.54, 1.807) is 0 Å². The molecule has 1 heterocycles. The molecule has 1 N–H and O–H groups in total. The van der Waals surface area contributed by atoms with Crippen LogP contribution in [-0.2, 0) is 11.0 Å². The molecule has 0 spiro atoms. The largest absolute Gasteiger partial charge is 0.416 e. The number of carbonyl (C=O) groups excluding carboxylic acids is 1. The highest BCUT2D eigenvalue weighted by Gasteiger charge is 2.60. The molecule has 1 aromatic carbocycles. The quantitative estimate of drug-likeness (QED) is 0.720. The number of amides is 1. The Morgan fingerprint density at radius 1 is 1.21 bits per heavy atom. The van der Waals surface area contributed by atoms with Crippen molar-refractivity contribution in [3.05, 3.63) is 36.4 Å². The molecule has 2 unspecified atom stereocenters. The molecule has 2 aromatic rings. The van der Waals surface area contributed by atoms with Gasteiger partial charge in [0, 0.05) is 4.87 Å². The number of halogens is 4. The van der Waals surface area contributed by atoms with Crippen molar-refractivity contribution in [2.45, 2.75) is 49.6 Å². The van der Waals surface area contributed by atoms with Crippen LogP contribution < -0.4 is 5.32 Å². The summed E-state index contributed by atoms with van der Waals surface area (Å²) in [7, 11) is 0. The second-order valence-corrected chi connectivity index (χ2v) is 9.72. The third kappa shape index (κ3) is 3.21. The van der Waals surface area contributed by atoms with Crippen LogP contribution in [0, 0.1) is 17.3 Å². The Labute approximate surface area is 170 Å². The standard InChI is InChI=1S/C20H20ClF3N4O/c21-19-7-12-3-13(8-19)6-18(5-12,9-19)17(29)27-15-4-14(20(22,23)24)1-2-16(15)28-11-25-10-26-28/h1-2,4,10-13H,3,5-9H2,(H,27,29). The summed E-state index contributed by atoms with van der Waals surface area (Å²) in [6.07, 6.45) is 3.19. The van der Waals surface area contributed by atoms with Gasteiger partial charge in [-0.15, -0.1) is 11.6 Å². The second kappa shape index (κ2) is 6.20. The van der Waals surface area contributed by atoms with E-state index in [0.717, 1.165) is 44.2 Å². The van der Waals surface area contributed by atoms with Gasteiger partial charge < -0.3 is 5.32 Å². The van der Waals surface area contributed by atoms with Gasteiger partial charge in [-0.25, -0.2) is 9.67 Å². The molecule has 9 heteroatoms. The van der Waals surface area contributed by atoms with E-state index >= 15 is 0 Å². The topological polar surface area (TPSA) is 59.8 Å². The Hall–Kier alpha value is -2.09. The van der Waals surface area contributed by atoms with E-state index in [4.69, 9.17) is 11.6 Å². The summed E-state index contributed by atoms with van der Waals surface area (Å²) >= 11 is 6.81. The number of anilines is 1. The van der Waals surface area contributed by atoms with Gasteiger partial charge in [0.05, 0.1) is 22.4 Å². The molecule has 1 aromatic heterocycles. The summed E-state index contributed by atoms with van der Waals surface area (Å²) in [5, 5.41) is 6.80.